The summed E-state index contributed by atoms with van der Waals surface area (Å²) in [5.74, 6) is -0.479. The van der Waals surface area contributed by atoms with Crippen LogP contribution < -0.4 is 0 Å². The van der Waals surface area contributed by atoms with Gasteiger partial charge in [0.15, 0.2) is 0 Å². The van der Waals surface area contributed by atoms with Crippen molar-refractivity contribution in [2.75, 3.05) is 0 Å². The monoisotopic (exact) mass is 308 g/mol. The molecule has 0 aromatic heterocycles. The molecule has 0 aliphatic carbocycles. The summed E-state index contributed by atoms with van der Waals surface area (Å²) in [4.78, 5) is 15.1. The second-order valence-corrected chi connectivity index (χ2v) is 4.47. The van der Waals surface area contributed by atoms with Gasteiger partial charge >= 0.3 is 0 Å². The van der Waals surface area contributed by atoms with Crippen LogP contribution in [-0.4, -0.2) is 11.1 Å². The van der Waals surface area contributed by atoms with E-state index in [9.17, 15) is 14.5 Å². The highest BCUT2D eigenvalue weighted by molar-refractivity contribution is 6.31. The van der Waals surface area contributed by atoms with Gasteiger partial charge in [-0.05, 0) is 12.1 Å². The highest BCUT2D eigenvalue weighted by Gasteiger charge is 2.07. The number of benzene rings is 2. The smallest absolute Gasteiger partial charge is 0.270 e. The van der Waals surface area contributed by atoms with Crippen LogP contribution in [0.4, 0.5) is 10.1 Å². The average Bonchev–Trinajstić information content (AvgIpc) is 2.46. The third-order valence-corrected chi connectivity index (χ3v) is 2.98. The maximum absolute atomic E-state index is 13.5. The quantitative estimate of drug-likeness (QED) is 0.477. The van der Waals surface area contributed by atoms with E-state index in [0.29, 0.717) is 5.56 Å². The Labute approximate surface area is 124 Å². The largest absolute Gasteiger partial charge is 0.391 e. The molecule has 0 fully saturated rings. The number of hydrogen-bond acceptors (Lipinski definition) is 4. The Morgan fingerprint density at radius 1 is 1.33 bits per heavy atom. The van der Waals surface area contributed by atoms with Gasteiger partial charge in [0.05, 0.1) is 16.2 Å². The van der Waals surface area contributed by atoms with Crippen LogP contribution in [0, 0.1) is 15.9 Å². The highest BCUT2D eigenvalue weighted by atomic mass is 35.5. The summed E-state index contributed by atoms with van der Waals surface area (Å²) in [6.07, 6.45) is 1.31. The van der Waals surface area contributed by atoms with Crippen molar-refractivity contribution in [2.45, 2.75) is 6.61 Å². The number of nitro groups is 1. The Balaban J connectivity index is 2.00. The van der Waals surface area contributed by atoms with E-state index in [2.05, 4.69) is 5.16 Å². The first kappa shape index (κ1) is 14.9. The topological polar surface area (TPSA) is 64.7 Å². The molecule has 21 heavy (non-hydrogen) atoms. The third kappa shape index (κ3) is 4.00. The summed E-state index contributed by atoms with van der Waals surface area (Å²) in [6, 6.07) is 10.2. The van der Waals surface area contributed by atoms with Crippen molar-refractivity contribution in [2.24, 2.45) is 5.16 Å². The lowest BCUT2D eigenvalue weighted by Crippen LogP contribution is -1.94. The molecule has 0 aliphatic rings. The van der Waals surface area contributed by atoms with Crippen molar-refractivity contribution in [3.8, 4) is 0 Å². The predicted octanol–water partition coefficient (Wildman–Crippen LogP) is 3.94. The van der Waals surface area contributed by atoms with Gasteiger partial charge in [0.1, 0.15) is 12.4 Å². The van der Waals surface area contributed by atoms with Gasteiger partial charge in [-0.2, -0.15) is 0 Å². The number of nitrogens with zero attached hydrogens (tertiary/aromatic N) is 2. The lowest BCUT2D eigenvalue weighted by atomic mass is 10.2. The van der Waals surface area contributed by atoms with Gasteiger partial charge in [0.25, 0.3) is 5.69 Å². The number of oxime groups is 1. The molecule has 7 heteroatoms. The Morgan fingerprint density at radius 3 is 2.81 bits per heavy atom. The van der Waals surface area contributed by atoms with Crippen LogP contribution in [0.15, 0.2) is 47.6 Å². The molecule has 0 saturated carbocycles. The zero-order valence-corrected chi connectivity index (χ0v) is 11.5. The summed E-state index contributed by atoms with van der Waals surface area (Å²) in [7, 11) is 0. The molecule has 0 spiro atoms. The molecule has 2 aromatic carbocycles. The van der Waals surface area contributed by atoms with E-state index in [1.165, 1.54) is 36.5 Å². The first-order valence-electron chi connectivity index (χ1n) is 5.90. The van der Waals surface area contributed by atoms with Crippen LogP contribution in [0.25, 0.3) is 0 Å². The summed E-state index contributed by atoms with van der Waals surface area (Å²) >= 11 is 5.83. The zero-order chi connectivity index (χ0) is 15.2. The molecule has 0 heterocycles. The van der Waals surface area contributed by atoms with E-state index in [-0.39, 0.29) is 22.9 Å². The van der Waals surface area contributed by atoms with E-state index in [1.54, 1.807) is 12.1 Å². The summed E-state index contributed by atoms with van der Waals surface area (Å²) in [6.45, 7) is -0.128. The van der Waals surface area contributed by atoms with Crippen molar-refractivity contribution in [1.29, 1.82) is 0 Å². The maximum Gasteiger partial charge on any atom is 0.270 e. The molecule has 5 nitrogen and oxygen atoms in total. The van der Waals surface area contributed by atoms with Gasteiger partial charge in [-0.15, -0.1) is 0 Å². The zero-order valence-electron chi connectivity index (χ0n) is 10.7. The van der Waals surface area contributed by atoms with Crippen LogP contribution in [-0.2, 0) is 11.4 Å². The van der Waals surface area contributed by atoms with Gasteiger partial charge in [-0.3, -0.25) is 10.1 Å². The van der Waals surface area contributed by atoms with Crippen LogP contribution in [0.3, 0.4) is 0 Å². The van der Waals surface area contributed by atoms with Gasteiger partial charge in [0, 0.05) is 23.3 Å². The van der Waals surface area contributed by atoms with Gasteiger partial charge < -0.3 is 4.84 Å². The Morgan fingerprint density at radius 2 is 2.10 bits per heavy atom. The predicted molar refractivity (Wildman–Crippen MR) is 76.9 cm³/mol. The van der Waals surface area contributed by atoms with E-state index < -0.39 is 10.7 Å². The Hall–Kier alpha value is -2.47. The molecule has 0 bridgehead atoms. The minimum atomic E-state index is -0.503. The number of non-ortho nitro benzene ring substituents is 1. The van der Waals surface area contributed by atoms with E-state index in [1.807, 2.05) is 0 Å². The third-order valence-electron chi connectivity index (χ3n) is 2.63. The second-order valence-electron chi connectivity index (χ2n) is 4.06. The Kier molecular flexibility index (Phi) is 4.84. The van der Waals surface area contributed by atoms with E-state index in [4.69, 9.17) is 16.4 Å². The highest BCUT2D eigenvalue weighted by Crippen LogP contribution is 2.19. The molecule has 108 valence electrons. The minimum Gasteiger partial charge on any atom is -0.391 e. The molecule has 0 saturated heterocycles. The molecular weight excluding hydrogens is 299 g/mol. The maximum atomic E-state index is 13.5. The summed E-state index contributed by atoms with van der Waals surface area (Å²) in [5.41, 5.74) is 0.662. The van der Waals surface area contributed by atoms with Crippen molar-refractivity contribution < 1.29 is 14.2 Å². The average molecular weight is 309 g/mol. The SMILES string of the molecule is O=[N+]([O-])c1cccc(C=NOCc2c(F)cccc2Cl)c1. The standard InChI is InChI=1S/C14H10ClFN2O3/c15-13-5-2-6-14(16)12(13)9-21-17-8-10-3-1-4-11(7-10)18(19)20/h1-8H,9H2. The molecule has 2 aromatic rings. The van der Waals surface area contributed by atoms with Gasteiger partial charge in [0.2, 0.25) is 0 Å². The molecule has 0 N–H and O–H groups in total. The molecule has 0 amide bonds. The molecule has 2 rings (SSSR count). The van der Waals surface area contributed by atoms with Crippen LogP contribution in [0.2, 0.25) is 5.02 Å². The molecule has 0 aliphatic heterocycles. The minimum absolute atomic E-state index is 0.0453. The van der Waals surface area contributed by atoms with Crippen molar-refractivity contribution in [1.82, 2.24) is 0 Å². The van der Waals surface area contributed by atoms with E-state index in [0.717, 1.165) is 0 Å². The van der Waals surface area contributed by atoms with Crippen LogP contribution in [0.1, 0.15) is 11.1 Å². The van der Waals surface area contributed by atoms with Crippen molar-refractivity contribution in [3.63, 3.8) is 0 Å². The fraction of sp³-hybridized carbons (Fsp3) is 0.0714. The molecule has 0 atom stereocenters. The van der Waals surface area contributed by atoms with Crippen molar-refractivity contribution >= 4 is 23.5 Å². The first-order valence-corrected chi connectivity index (χ1v) is 6.28. The summed E-state index contributed by atoms with van der Waals surface area (Å²) in [5, 5.41) is 14.5. The molecule has 0 unspecified atom stereocenters. The summed E-state index contributed by atoms with van der Waals surface area (Å²) < 4.78 is 13.5. The normalized spacial score (nSPS) is 10.8. The van der Waals surface area contributed by atoms with Gasteiger partial charge in [-0.25, -0.2) is 4.39 Å². The number of halogens is 2. The second kappa shape index (κ2) is 6.81. The fourth-order valence-corrected chi connectivity index (χ4v) is 1.81. The first-order chi connectivity index (χ1) is 10.1. The van der Waals surface area contributed by atoms with Crippen LogP contribution >= 0.6 is 11.6 Å². The van der Waals surface area contributed by atoms with Crippen LogP contribution in [0.5, 0.6) is 0 Å². The number of rotatable bonds is 5. The Bertz CT molecular complexity index is 671. The van der Waals surface area contributed by atoms with Crippen molar-refractivity contribution in [3.05, 3.63) is 74.5 Å². The lowest BCUT2D eigenvalue weighted by Gasteiger charge is -2.03. The molecular formula is C14H10ClFN2O3. The number of nitro benzene ring substituents is 1. The fourth-order valence-electron chi connectivity index (χ4n) is 1.59. The molecule has 0 radical (unpaired) electrons. The number of hydrogen-bond donors (Lipinski definition) is 0. The van der Waals surface area contributed by atoms with E-state index >= 15 is 0 Å². The van der Waals surface area contributed by atoms with Gasteiger partial charge in [-0.1, -0.05) is 35.0 Å². The lowest BCUT2D eigenvalue weighted by molar-refractivity contribution is -0.384.